The predicted octanol–water partition coefficient (Wildman–Crippen LogP) is 4.97. The lowest BCUT2D eigenvalue weighted by atomic mass is 10.1. The van der Waals surface area contributed by atoms with Crippen LogP contribution >= 0.6 is 11.3 Å². The smallest absolute Gasteiger partial charge is 0.149 e. The third-order valence-corrected chi connectivity index (χ3v) is 4.08. The van der Waals surface area contributed by atoms with Crippen LogP contribution in [0.25, 0.3) is 10.7 Å². The number of thiophene rings is 1. The minimum Gasteiger partial charge on any atom is -0.330 e. The van der Waals surface area contributed by atoms with E-state index >= 15 is 0 Å². The number of hydrogen-bond donors (Lipinski definition) is 0. The van der Waals surface area contributed by atoms with Crippen LogP contribution in [0.5, 0.6) is 0 Å². The average molecular weight is 262 g/mol. The Bertz CT molecular complexity index is 431. The normalized spacial score (nSPS) is 10.9. The summed E-state index contributed by atoms with van der Waals surface area (Å²) in [5.41, 5.74) is 0. The van der Waals surface area contributed by atoms with E-state index in [4.69, 9.17) is 0 Å². The van der Waals surface area contributed by atoms with E-state index in [0.29, 0.717) is 0 Å². The molecule has 2 nitrogen and oxygen atoms in total. The topological polar surface area (TPSA) is 17.8 Å². The molecule has 0 aliphatic heterocycles. The maximum Gasteiger partial charge on any atom is 0.149 e. The fourth-order valence-electron chi connectivity index (χ4n) is 2.18. The Kier molecular flexibility index (Phi) is 5.46. The second kappa shape index (κ2) is 7.37. The number of aromatic nitrogens is 2. The fraction of sp³-hybridized carbons (Fsp3) is 0.533. The second-order valence-electron chi connectivity index (χ2n) is 4.69. The highest BCUT2D eigenvalue weighted by Crippen LogP contribution is 2.23. The molecule has 0 unspecified atom stereocenters. The Morgan fingerprint density at radius 2 is 2.00 bits per heavy atom. The summed E-state index contributed by atoms with van der Waals surface area (Å²) in [5, 5.41) is 2.11. The van der Waals surface area contributed by atoms with E-state index in [1.165, 1.54) is 43.4 Å². The quantitative estimate of drug-likeness (QED) is 0.614. The lowest BCUT2D eigenvalue weighted by Crippen LogP contribution is -1.98. The molecule has 0 amide bonds. The van der Waals surface area contributed by atoms with Gasteiger partial charge in [0.1, 0.15) is 5.82 Å². The van der Waals surface area contributed by atoms with E-state index in [9.17, 15) is 0 Å². The molecular weight excluding hydrogens is 240 g/mol. The van der Waals surface area contributed by atoms with Crippen molar-refractivity contribution in [3.05, 3.63) is 29.9 Å². The highest BCUT2D eigenvalue weighted by molar-refractivity contribution is 7.13. The Hall–Kier alpha value is -1.09. The molecule has 0 bridgehead atoms. The summed E-state index contributed by atoms with van der Waals surface area (Å²) in [6.07, 6.45) is 12.1. The summed E-state index contributed by atoms with van der Waals surface area (Å²) in [6.45, 7) is 3.36. The van der Waals surface area contributed by atoms with Crippen molar-refractivity contribution in [3.8, 4) is 10.7 Å². The van der Waals surface area contributed by atoms with Crippen molar-refractivity contribution in [2.45, 2.75) is 52.0 Å². The first kappa shape index (κ1) is 13.3. The molecular formula is C15H22N2S. The van der Waals surface area contributed by atoms with Gasteiger partial charge in [-0.2, -0.15) is 0 Å². The average Bonchev–Trinajstić information content (AvgIpc) is 3.03. The third kappa shape index (κ3) is 3.70. The monoisotopic (exact) mass is 262 g/mol. The highest BCUT2D eigenvalue weighted by atomic mass is 32.1. The van der Waals surface area contributed by atoms with Crippen LogP contribution in [0.3, 0.4) is 0 Å². The molecule has 18 heavy (non-hydrogen) atoms. The molecule has 2 aromatic rings. The maximum atomic E-state index is 4.46. The predicted molar refractivity (Wildman–Crippen MR) is 78.9 cm³/mol. The van der Waals surface area contributed by atoms with E-state index in [1.54, 1.807) is 11.3 Å². The van der Waals surface area contributed by atoms with Gasteiger partial charge in [-0.3, -0.25) is 0 Å². The molecule has 0 aromatic carbocycles. The molecule has 0 saturated carbocycles. The molecule has 0 aliphatic rings. The fourth-order valence-corrected chi connectivity index (χ4v) is 2.92. The summed E-state index contributed by atoms with van der Waals surface area (Å²) in [7, 11) is 0. The lowest BCUT2D eigenvalue weighted by Gasteiger charge is -2.06. The van der Waals surface area contributed by atoms with Gasteiger partial charge in [0.2, 0.25) is 0 Å². The van der Waals surface area contributed by atoms with Gasteiger partial charge in [0.05, 0.1) is 4.88 Å². The molecule has 0 spiro atoms. The second-order valence-corrected chi connectivity index (χ2v) is 5.64. The van der Waals surface area contributed by atoms with Crippen LogP contribution in [0.15, 0.2) is 29.9 Å². The number of nitrogens with zero attached hydrogens (tertiary/aromatic N) is 2. The van der Waals surface area contributed by atoms with Gasteiger partial charge < -0.3 is 4.57 Å². The Labute approximate surface area is 114 Å². The van der Waals surface area contributed by atoms with Gasteiger partial charge in [-0.15, -0.1) is 11.3 Å². The van der Waals surface area contributed by atoms with Gasteiger partial charge in [0.25, 0.3) is 0 Å². The van der Waals surface area contributed by atoms with Crippen LogP contribution in [0, 0.1) is 0 Å². The van der Waals surface area contributed by atoms with Crippen molar-refractivity contribution in [1.29, 1.82) is 0 Å². The molecule has 0 aliphatic carbocycles. The van der Waals surface area contributed by atoms with E-state index in [0.717, 1.165) is 12.4 Å². The van der Waals surface area contributed by atoms with Crippen LogP contribution in [0.4, 0.5) is 0 Å². The van der Waals surface area contributed by atoms with Crippen molar-refractivity contribution in [1.82, 2.24) is 9.55 Å². The molecule has 0 fully saturated rings. The van der Waals surface area contributed by atoms with Gasteiger partial charge in [0.15, 0.2) is 0 Å². The number of hydrogen-bond acceptors (Lipinski definition) is 2. The van der Waals surface area contributed by atoms with E-state index in [1.807, 2.05) is 6.20 Å². The zero-order valence-electron chi connectivity index (χ0n) is 11.1. The number of unbranched alkanes of at least 4 members (excludes halogenated alkanes) is 5. The molecule has 2 rings (SSSR count). The summed E-state index contributed by atoms with van der Waals surface area (Å²) < 4.78 is 2.28. The minimum atomic E-state index is 1.10. The first-order valence-electron chi connectivity index (χ1n) is 6.97. The van der Waals surface area contributed by atoms with Crippen LogP contribution in [0.1, 0.15) is 45.4 Å². The number of aryl methyl sites for hydroxylation is 1. The van der Waals surface area contributed by atoms with E-state index < -0.39 is 0 Å². The summed E-state index contributed by atoms with van der Waals surface area (Å²) >= 11 is 1.76. The SMILES string of the molecule is CCCCCCCCn1ccnc1-c1cccs1. The molecule has 2 heterocycles. The van der Waals surface area contributed by atoms with Crippen molar-refractivity contribution in [3.63, 3.8) is 0 Å². The van der Waals surface area contributed by atoms with Crippen LogP contribution in [-0.2, 0) is 6.54 Å². The molecule has 0 saturated heterocycles. The third-order valence-electron chi connectivity index (χ3n) is 3.21. The minimum absolute atomic E-state index is 1.10. The van der Waals surface area contributed by atoms with Gasteiger partial charge >= 0.3 is 0 Å². The van der Waals surface area contributed by atoms with E-state index in [-0.39, 0.29) is 0 Å². The first-order chi connectivity index (χ1) is 8.92. The Morgan fingerprint density at radius 1 is 1.17 bits per heavy atom. The van der Waals surface area contributed by atoms with Gasteiger partial charge in [0, 0.05) is 18.9 Å². The Morgan fingerprint density at radius 3 is 2.78 bits per heavy atom. The summed E-state index contributed by atoms with van der Waals surface area (Å²) in [4.78, 5) is 5.73. The van der Waals surface area contributed by atoms with Gasteiger partial charge in [-0.1, -0.05) is 45.1 Å². The summed E-state index contributed by atoms with van der Waals surface area (Å²) in [6, 6.07) is 4.23. The molecule has 98 valence electrons. The van der Waals surface area contributed by atoms with Gasteiger partial charge in [-0.05, 0) is 17.9 Å². The lowest BCUT2D eigenvalue weighted by molar-refractivity contribution is 0.560. The molecule has 0 atom stereocenters. The van der Waals surface area contributed by atoms with Crippen molar-refractivity contribution in [2.75, 3.05) is 0 Å². The van der Waals surface area contributed by atoms with Crippen LogP contribution in [-0.4, -0.2) is 9.55 Å². The Balaban J connectivity index is 1.78. The largest absolute Gasteiger partial charge is 0.330 e. The van der Waals surface area contributed by atoms with Crippen LogP contribution in [0.2, 0.25) is 0 Å². The highest BCUT2D eigenvalue weighted by Gasteiger charge is 2.05. The maximum absolute atomic E-state index is 4.46. The number of rotatable bonds is 8. The van der Waals surface area contributed by atoms with Crippen LogP contribution < -0.4 is 0 Å². The van der Waals surface area contributed by atoms with Crippen molar-refractivity contribution < 1.29 is 0 Å². The zero-order chi connectivity index (χ0) is 12.6. The number of imidazole rings is 1. The van der Waals surface area contributed by atoms with Crippen molar-refractivity contribution >= 4 is 11.3 Å². The summed E-state index contributed by atoms with van der Waals surface area (Å²) in [5.74, 6) is 1.12. The van der Waals surface area contributed by atoms with E-state index in [2.05, 4.69) is 40.2 Å². The van der Waals surface area contributed by atoms with Gasteiger partial charge in [-0.25, -0.2) is 4.98 Å². The first-order valence-corrected chi connectivity index (χ1v) is 7.85. The molecule has 3 heteroatoms. The molecule has 0 radical (unpaired) electrons. The van der Waals surface area contributed by atoms with Crippen molar-refractivity contribution in [2.24, 2.45) is 0 Å². The molecule has 0 N–H and O–H groups in total. The zero-order valence-corrected chi connectivity index (χ0v) is 12.0. The standard InChI is InChI=1S/C15H22N2S/c1-2-3-4-5-6-7-11-17-12-10-16-15(17)14-9-8-13-18-14/h8-10,12-13H,2-7,11H2,1H3. The molecule has 2 aromatic heterocycles.